The summed E-state index contributed by atoms with van der Waals surface area (Å²) in [5.74, 6) is 0.800. The van der Waals surface area contributed by atoms with Crippen molar-refractivity contribution in [1.29, 1.82) is 0 Å². The number of rotatable bonds is 2. The van der Waals surface area contributed by atoms with Crippen LogP contribution in [0.25, 0.3) is 0 Å². The van der Waals surface area contributed by atoms with Gasteiger partial charge in [0.15, 0.2) is 0 Å². The molecule has 1 aromatic rings. The van der Waals surface area contributed by atoms with Gasteiger partial charge < -0.3 is 5.73 Å². The van der Waals surface area contributed by atoms with E-state index in [2.05, 4.69) is 27.9 Å². The summed E-state index contributed by atoms with van der Waals surface area (Å²) in [4.78, 5) is 11.1. The fourth-order valence-electron chi connectivity index (χ4n) is 0.537. The van der Waals surface area contributed by atoms with Gasteiger partial charge in [0.05, 0.1) is 0 Å². The molecular formula is C6H7N4. The molecule has 10 heavy (non-hydrogen) atoms. The van der Waals surface area contributed by atoms with E-state index in [-0.39, 0.29) is 5.95 Å². The maximum absolute atomic E-state index is 5.26. The average Bonchev–Trinajstić information content (AvgIpc) is 1.88. The molecule has 1 radical (unpaired) electrons. The molecule has 0 aliphatic heterocycles. The van der Waals surface area contributed by atoms with Gasteiger partial charge in [-0.25, -0.2) is 4.98 Å². The zero-order valence-electron chi connectivity index (χ0n) is 5.41. The minimum Gasteiger partial charge on any atom is -0.368 e. The molecule has 1 heterocycles. The van der Waals surface area contributed by atoms with Gasteiger partial charge in [0.1, 0.15) is 5.82 Å². The first-order chi connectivity index (χ1) is 4.83. The molecule has 4 heteroatoms. The van der Waals surface area contributed by atoms with Crippen LogP contribution in [-0.2, 0) is 6.42 Å². The minimum absolute atomic E-state index is 0.201. The molecule has 0 aliphatic rings. The van der Waals surface area contributed by atoms with Gasteiger partial charge in [0.2, 0.25) is 12.3 Å². The second-order valence-electron chi connectivity index (χ2n) is 1.70. The van der Waals surface area contributed by atoms with E-state index in [4.69, 9.17) is 5.73 Å². The van der Waals surface area contributed by atoms with Crippen LogP contribution in [0.4, 0.5) is 5.95 Å². The number of nitrogen functional groups attached to an aromatic ring is 1. The second-order valence-corrected chi connectivity index (χ2v) is 1.70. The van der Waals surface area contributed by atoms with Crippen LogP contribution in [0.5, 0.6) is 0 Å². The number of nitrogens with zero attached hydrogens (tertiary/aromatic N) is 3. The van der Waals surface area contributed by atoms with E-state index in [9.17, 15) is 0 Å². The quantitative estimate of drug-likeness (QED) is 0.579. The first-order valence-electron chi connectivity index (χ1n) is 2.80. The summed E-state index contributed by atoms with van der Waals surface area (Å²) in [7, 11) is 0. The van der Waals surface area contributed by atoms with Gasteiger partial charge in [-0.1, -0.05) is 6.08 Å². The Kier molecular flexibility index (Phi) is 1.94. The Balaban J connectivity index is 2.84. The normalized spacial score (nSPS) is 9.20. The Labute approximate surface area is 58.8 Å². The average molecular weight is 135 g/mol. The smallest absolute Gasteiger partial charge is 0.223 e. The summed E-state index contributed by atoms with van der Waals surface area (Å²) < 4.78 is 0. The predicted octanol–water partition coefficient (Wildman–Crippen LogP) is -0.0175. The third-order valence-corrected chi connectivity index (χ3v) is 0.914. The Morgan fingerprint density at radius 1 is 1.60 bits per heavy atom. The number of hydrogen-bond acceptors (Lipinski definition) is 4. The Hall–Kier alpha value is -1.45. The Morgan fingerprint density at radius 3 is 3.00 bits per heavy atom. The van der Waals surface area contributed by atoms with Crippen molar-refractivity contribution < 1.29 is 0 Å². The van der Waals surface area contributed by atoms with Crippen molar-refractivity contribution in [2.75, 3.05) is 5.73 Å². The molecule has 1 rings (SSSR count). The van der Waals surface area contributed by atoms with Crippen LogP contribution >= 0.6 is 0 Å². The molecule has 0 amide bonds. The fraction of sp³-hybridized carbons (Fsp3) is 0.167. The zero-order chi connectivity index (χ0) is 7.40. The van der Waals surface area contributed by atoms with Crippen molar-refractivity contribution in [2.24, 2.45) is 0 Å². The maximum atomic E-state index is 5.26. The van der Waals surface area contributed by atoms with E-state index in [0.29, 0.717) is 12.2 Å². The molecular weight excluding hydrogens is 128 g/mol. The third kappa shape index (κ3) is 1.51. The topological polar surface area (TPSA) is 64.7 Å². The van der Waals surface area contributed by atoms with Gasteiger partial charge in [0, 0.05) is 6.42 Å². The van der Waals surface area contributed by atoms with Gasteiger partial charge in [-0.3, -0.25) is 0 Å². The summed E-state index contributed by atoms with van der Waals surface area (Å²) in [6, 6.07) is 0. The molecule has 1 aromatic heterocycles. The van der Waals surface area contributed by atoms with Crippen LogP contribution in [0, 0.1) is 6.33 Å². The van der Waals surface area contributed by atoms with E-state index in [1.54, 1.807) is 6.08 Å². The molecule has 0 fully saturated rings. The molecule has 2 N–H and O–H groups in total. The number of nitrogens with two attached hydrogens (primary N) is 1. The molecule has 0 atom stereocenters. The largest absolute Gasteiger partial charge is 0.368 e. The highest BCUT2D eigenvalue weighted by Crippen LogP contribution is 1.91. The van der Waals surface area contributed by atoms with Gasteiger partial charge >= 0.3 is 0 Å². The van der Waals surface area contributed by atoms with Crippen molar-refractivity contribution >= 4 is 5.95 Å². The summed E-state index contributed by atoms with van der Waals surface area (Å²) in [6.07, 6.45) is 4.68. The van der Waals surface area contributed by atoms with Gasteiger partial charge in [-0.15, -0.1) is 6.58 Å². The molecule has 4 nitrogen and oxygen atoms in total. The van der Waals surface area contributed by atoms with Crippen molar-refractivity contribution in [2.45, 2.75) is 6.42 Å². The lowest BCUT2D eigenvalue weighted by molar-refractivity contribution is 0.936. The molecule has 0 saturated carbocycles. The number of allylic oxidation sites excluding steroid dienone is 1. The summed E-state index contributed by atoms with van der Waals surface area (Å²) >= 11 is 0. The second kappa shape index (κ2) is 2.91. The van der Waals surface area contributed by atoms with E-state index >= 15 is 0 Å². The van der Waals surface area contributed by atoms with Gasteiger partial charge in [-0.05, 0) is 0 Å². The number of anilines is 1. The van der Waals surface area contributed by atoms with Crippen molar-refractivity contribution in [3.63, 3.8) is 0 Å². The van der Waals surface area contributed by atoms with Crippen LogP contribution in [0.1, 0.15) is 5.82 Å². The maximum Gasteiger partial charge on any atom is 0.223 e. The van der Waals surface area contributed by atoms with Gasteiger partial charge in [0.25, 0.3) is 0 Å². The fourth-order valence-corrected chi connectivity index (χ4v) is 0.537. The van der Waals surface area contributed by atoms with E-state index < -0.39 is 0 Å². The summed E-state index contributed by atoms with van der Waals surface area (Å²) in [5, 5.41) is 0. The van der Waals surface area contributed by atoms with Crippen molar-refractivity contribution in [1.82, 2.24) is 15.0 Å². The highest BCUT2D eigenvalue weighted by atomic mass is 15.1. The van der Waals surface area contributed by atoms with Crippen LogP contribution in [0.3, 0.4) is 0 Å². The lowest BCUT2D eigenvalue weighted by atomic mass is 10.4. The monoisotopic (exact) mass is 135 g/mol. The van der Waals surface area contributed by atoms with Crippen LogP contribution in [0.2, 0.25) is 0 Å². The molecule has 0 bridgehead atoms. The Morgan fingerprint density at radius 2 is 2.40 bits per heavy atom. The first kappa shape index (κ1) is 6.67. The highest BCUT2D eigenvalue weighted by molar-refractivity contribution is 5.12. The summed E-state index contributed by atoms with van der Waals surface area (Å²) in [5.41, 5.74) is 5.26. The molecule has 0 saturated heterocycles. The van der Waals surface area contributed by atoms with Crippen molar-refractivity contribution in [3.8, 4) is 0 Å². The van der Waals surface area contributed by atoms with Gasteiger partial charge in [-0.2, -0.15) is 9.97 Å². The van der Waals surface area contributed by atoms with Crippen LogP contribution in [0.15, 0.2) is 12.7 Å². The first-order valence-corrected chi connectivity index (χ1v) is 2.80. The third-order valence-electron chi connectivity index (χ3n) is 0.914. The SMILES string of the molecule is C=CCc1n[c]nc(N)n1. The molecule has 0 aliphatic carbocycles. The predicted molar refractivity (Wildman–Crippen MR) is 37.0 cm³/mol. The lowest BCUT2D eigenvalue weighted by Crippen LogP contribution is -2.00. The lowest BCUT2D eigenvalue weighted by Gasteiger charge is -1.92. The zero-order valence-corrected chi connectivity index (χ0v) is 5.41. The minimum atomic E-state index is 0.201. The molecule has 0 spiro atoms. The van der Waals surface area contributed by atoms with Crippen LogP contribution < -0.4 is 5.73 Å². The number of aromatic nitrogens is 3. The van der Waals surface area contributed by atoms with E-state index in [1.165, 1.54) is 0 Å². The van der Waals surface area contributed by atoms with E-state index in [1.807, 2.05) is 0 Å². The molecule has 0 aromatic carbocycles. The van der Waals surface area contributed by atoms with Crippen LogP contribution in [-0.4, -0.2) is 15.0 Å². The van der Waals surface area contributed by atoms with Crippen molar-refractivity contribution in [3.05, 3.63) is 24.8 Å². The highest BCUT2D eigenvalue weighted by Gasteiger charge is 1.92. The van der Waals surface area contributed by atoms with E-state index in [0.717, 1.165) is 0 Å². The summed E-state index contributed by atoms with van der Waals surface area (Å²) in [6.45, 7) is 3.53. The molecule has 51 valence electrons. The molecule has 0 unspecified atom stereocenters. The number of hydrogen-bond donors (Lipinski definition) is 1. The standard InChI is InChI=1S/C6H7N4/c1-2-3-5-8-4-9-6(7)10-5/h2H,1,3H2,(H2,7,8,9,10). The Bertz CT molecular complexity index is 233.